The largest absolute Gasteiger partial charge is 0.349 e. The second-order valence-corrected chi connectivity index (χ2v) is 7.38. The lowest BCUT2D eigenvalue weighted by molar-refractivity contribution is 0.0944. The normalized spacial score (nSPS) is 16.8. The smallest absolute Gasteiger partial charge is 0.273 e. The molecule has 1 fully saturated rings. The fourth-order valence-corrected chi connectivity index (χ4v) is 3.71. The number of aromatic nitrogens is 3. The maximum atomic E-state index is 13.0. The molecule has 7 heteroatoms. The molecule has 150 valence electrons. The lowest BCUT2D eigenvalue weighted by Crippen LogP contribution is -2.34. The molecule has 2 heterocycles. The molecule has 0 spiro atoms. The number of carbonyl (C=O) groups excluding carboxylic acids is 1. The van der Waals surface area contributed by atoms with Crippen molar-refractivity contribution < 1.29 is 9.18 Å². The monoisotopic (exact) mass is 393 g/mol. The lowest BCUT2D eigenvalue weighted by Gasteiger charge is -2.16. The van der Waals surface area contributed by atoms with E-state index in [2.05, 4.69) is 44.8 Å². The third-order valence-electron chi connectivity index (χ3n) is 5.29. The second-order valence-electron chi connectivity index (χ2n) is 7.38. The molecule has 1 aliphatic rings. The van der Waals surface area contributed by atoms with Crippen molar-refractivity contribution in [2.75, 3.05) is 26.2 Å². The third-order valence-corrected chi connectivity index (χ3v) is 5.29. The van der Waals surface area contributed by atoms with Crippen LogP contribution in [0.15, 0.2) is 60.8 Å². The van der Waals surface area contributed by atoms with Gasteiger partial charge in [-0.2, -0.15) is 0 Å². The Labute approximate surface area is 169 Å². The first-order valence-electron chi connectivity index (χ1n) is 9.87. The highest BCUT2D eigenvalue weighted by Crippen LogP contribution is 2.26. The Kier molecular flexibility index (Phi) is 5.95. The fraction of sp³-hybridized carbons (Fsp3) is 0.318. The lowest BCUT2D eigenvalue weighted by atomic mass is 9.99. The van der Waals surface area contributed by atoms with Crippen molar-refractivity contribution in [3.05, 3.63) is 83.4 Å². The zero-order valence-electron chi connectivity index (χ0n) is 16.2. The summed E-state index contributed by atoms with van der Waals surface area (Å²) in [7, 11) is 0. The van der Waals surface area contributed by atoms with Gasteiger partial charge in [0.1, 0.15) is 5.82 Å². The van der Waals surface area contributed by atoms with Gasteiger partial charge in [-0.3, -0.25) is 4.79 Å². The maximum Gasteiger partial charge on any atom is 0.273 e. The predicted molar refractivity (Wildman–Crippen MR) is 108 cm³/mol. The van der Waals surface area contributed by atoms with Crippen molar-refractivity contribution in [3.8, 4) is 0 Å². The summed E-state index contributed by atoms with van der Waals surface area (Å²) >= 11 is 0. The minimum absolute atomic E-state index is 0.228. The molecule has 3 aromatic rings. The maximum absolute atomic E-state index is 13.0. The first kappa shape index (κ1) is 19.3. The van der Waals surface area contributed by atoms with Crippen molar-refractivity contribution in [2.24, 2.45) is 0 Å². The summed E-state index contributed by atoms with van der Waals surface area (Å²) < 4.78 is 14.6. The highest BCUT2D eigenvalue weighted by atomic mass is 19.1. The Hall–Kier alpha value is -3.06. The minimum Gasteiger partial charge on any atom is -0.349 e. The van der Waals surface area contributed by atoms with Gasteiger partial charge < -0.3 is 10.2 Å². The number of nitrogens with zero attached hydrogens (tertiary/aromatic N) is 4. The molecule has 6 nitrogen and oxygen atoms in total. The molecular formula is C22H24FN5O. The molecule has 29 heavy (non-hydrogen) atoms. The van der Waals surface area contributed by atoms with Crippen LogP contribution in [0, 0.1) is 5.82 Å². The quantitative estimate of drug-likeness (QED) is 0.670. The topological polar surface area (TPSA) is 63.1 Å². The summed E-state index contributed by atoms with van der Waals surface area (Å²) in [5, 5.41) is 10.8. The molecular weight excluding hydrogens is 369 g/mol. The highest BCUT2D eigenvalue weighted by Gasteiger charge is 2.23. The van der Waals surface area contributed by atoms with Gasteiger partial charge >= 0.3 is 0 Å². The fourth-order valence-electron chi connectivity index (χ4n) is 3.71. The summed E-state index contributed by atoms with van der Waals surface area (Å²) in [6.07, 6.45) is 2.76. The first-order chi connectivity index (χ1) is 14.2. The predicted octanol–water partition coefficient (Wildman–Crippen LogP) is 2.68. The van der Waals surface area contributed by atoms with E-state index in [4.69, 9.17) is 0 Å². The van der Waals surface area contributed by atoms with Crippen LogP contribution in [-0.2, 0) is 6.54 Å². The number of amides is 1. The van der Waals surface area contributed by atoms with Crippen LogP contribution < -0.4 is 5.32 Å². The molecule has 0 saturated carbocycles. The highest BCUT2D eigenvalue weighted by molar-refractivity contribution is 5.91. The number of rotatable bonds is 7. The number of carbonyl (C=O) groups is 1. The van der Waals surface area contributed by atoms with E-state index in [1.807, 2.05) is 6.07 Å². The van der Waals surface area contributed by atoms with Crippen LogP contribution in [-0.4, -0.2) is 52.0 Å². The number of hydrogen-bond donors (Lipinski definition) is 1. The van der Waals surface area contributed by atoms with Gasteiger partial charge in [-0.1, -0.05) is 47.7 Å². The Balaban J connectivity index is 1.22. The van der Waals surface area contributed by atoms with Crippen LogP contribution in [0.1, 0.15) is 34.0 Å². The van der Waals surface area contributed by atoms with E-state index >= 15 is 0 Å². The third kappa shape index (κ3) is 5.06. The van der Waals surface area contributed by atoms with Crippen molar-refractivity contribution in [2.45, 2.75) is 18.9 Å². The van der Waals surface area contributed by atoms with Crippen LogP contribution >= 0.6 is 0 Å². The van der Waals surface area contributed by atoms with Gasteiger partial charge in [0.2, 0.25) is 0 Å². The van der Waals surface area contributed by atoms with E-state index in [0.29, 0.717) is 19.0 Å². The van der Waals surface area contributed by atoms with Gasteiger partial charge in [-0.15, -0.1) is 5.10 Å². The Morgan fingerprint density at radius 2 is 1.93 bits per heavy atom. The Morgan fingerprint density at radius 1 is 1.14 bits per heavy atom. The Bertz CT molecular complexity index is 941. The van der Waals surface area contributed by atoms with E-state index in [1.54, 1.807) is 23.0 Å². The number of nitrogens with one attached hydrogen (secondary N) is 1. The molecule has 1 atom stereocenters. The van der Waals surface area contributed by atoms with Crippen molar-refractivity contribution in [1.29, 1.82) is 0 Å². The van der Waals surface area contributed by atoms with Crippen LogP contribution in [0.3, 0.4) is 0 Å². The van der Waals surface area contributed by atoms with Crippen molar-refractivity contribution >= 4 is 5.91 Å². The second kappa shape index (κ2) is 8.96. The number of likely N-dealkylation sites (tertiary alicyclic amines) is 1. The van der Waals surface area contributed by atoms with E-state index in [9.17, 15) is 9.18 Å². The standard InChI is InChI=1S/C22H24FN5O/c23-20-8-6-17(7-9-20)14-28-16-21(25-26-28)22(29)24-11-13-27-12-10-19(15-27)18-4-2-1-3-5-18/h1-9,16,19H,10-15H2,(H,24,29). The first-order valence-corrected chi connectivity index (χ1v) is 9.87. The van der Waals surface area contributed by atoms with Gasteiger partial charge in [0.15, 0.2) is 5.69 Å². The summed E-state index contributed by atoms with van der Waals surface area (Å²) in [6, 6.07) is 16.8. The zero-order chi connectivity index (χ0) is 20.1. The minimum atomic E-state index is -0.277. The summed E-state index contributed by atoms with van der Waals surface area (Å²) in [5.41, 5.74) is 2.57. The molecule has 0 aliphatic carbocycles. The number of benzene rings is 2. The summed E-state index contributed by atoms with van der Waals surface area (Å²) in [4.78, 5) is 14.7. The molecule has 1 N–H and O–H groups in total. The molecule has 1 aliphatic heterocycles. The van der Waals surface area contributed by atoms with Gasteiger partial charge in [-0.25, -0.2) is 9.07 Å². The molecule has 1 saturated heterocycles. The summed E-state index contributed by atoms with van der Waals surface area (Å²) in [5.74, 6) is 0.0629. The van der Waals surface area contributed by atoms with Crippen molar-refractivity contribution in [1.82, 2.24) is 25.2 Å². The van der Waals surface area contributed by atoms with E-state index < -0.39 is 0 Å². The van der Waals surface area contributed by atoms with E-state index in [-0.39, 0.29) is 17.4 Å². The molecule has 0 radical (unpaired) electrons. The van der Waals surface area contributed by atoms with Crippen LogP contribution in [0.2, 0.25) is 0 Å². The van der Waals surface area contributed by atoms with Gasteiger partial charge in [-0.05, 0) is 42.1 Å². The average Bonchev–Trinajstić information content (AvgIpc) is 3.40. The average molecular weight is 393 g/mol. The molecule has 0 bridgehead atoms. The van der Waals surface area contributed by atoms with Gasteiger partial charge in [0, 0.05) is 19.6 Å². The zero-order valence-corrected chi connectivity index (χ0v) is 16.2. The molecule has 1 unspecified atom stereocenters. The van der Waals surface area contributed by atoms with E-state index in [1.165, 1.54) is 17.7 Å². The van der Waals surface area contributed by atoms with Gasteiger partial charge in [0.05, 0.1) is 12.7 Å². The number of hydrogen-bond acceptors (Lipinski definition) is 4. The van der Waals surface area contributed by atoms with Crippen LogP contribution in [0.25, 0.3) is 0 Å². The molecule has 1 amide bonds. The molecule has 2 aromatic carbocycles. The molecule has 4 rings (SSSR count). The van der Waals surface area contributed by atoms with Gasteiger partial charge in [0.25, 0.3) is 5.91 Å². The van der Waals surface area contributed by atoms with Crippen molar-refractivity contribution in [3.63, 3.8) is 0 Å². The molecule has 1 aromatic heterocycles. The van der Waals surface area contributed by atoms with Crippen LogP contribution in [0.5, 0.6) is 0 Å². The number of halogens is 1. The van der Waals surface area contributed by atoms with E-state index in [0.717, 1.165) is 31.6 Å². The van der Waals surface area contributed by atoms with Crippen LogP contribution in [0.4, 0.5) is 4.39 Å². The summed E-state index contributed by atoms with van der Waals surface area (Å²) in [6.45, 7) is 3.90. The SMILES string of the molecule is O=C(NCCN1CCC(c2ccccc2)C1)c1cn(Cc2ccc(F)cc2)nn1. The Morgan fingerprint density at radius 3 is 2.72 bits per heavy atom.